The summed E-state index contributed by atoms with van der Waals surface area (Å²) in [5.41, 5.74) is 1.06. The number of likely N-dealkylation sites (tertiary alicyclic amines) is 1. The summed E-state index contributed by atoms with van der Waals surface area (Å²) in [7, 11) is 0. The standard InChI is InChI=1S/C16H20INO3/c1-3-21-16(20)13-8-4-7-12(14(13)17)15(19)18-9-5-6-11(2)10-18/h4,7-8,11H,3,5-6,9-10H2,1-2H3. The van der Waals surface area contributed by atoms with E-state index < -0.39 is 0 Å². The van der Waals surface area contributed by atoms with Crippen LogP contribution in [0.1, 0.15) is 47.4 Å². The number of ether oxygens (including phenoxy) is 1. The summed E-state index contributed by atoms with van der Waals surface area (Å²) in [5.74, 6) is 0.175. The van der Waals surface area contributed by atoms with Crippen LogP contribution in [0.15, 0.2) is 18.2 Å². The van der Waals surface area contributed by atoms with E-state index in [1.165, 1.54) is 6.42 Å². The number of halogens is 1. The molecule has 21 heavy (non-hydrogen) atoms. The van der Waals surface area contributed by atoms with E-state index in [-0.39, 0.29) is 11.9 Å². The average molecular weight is 401 g/mol. The normalized spacial score (nSPS) is 18.4. The second kappa shape index (κ2) is 7.24. The molecule has 1 aromatic rings. The predicted molar refractivity (Wildman–Crippen MR) is 89.4 cm³/mol. The maximum atomic E-state index is 12.7. The predicted octanol–water partition coefficient (Wildman–Crippen LogP) is 3.34. The van der Waals surface area contributed by atoms with Crippen molar-refractivity contribution in [3.8, 4) is 0 Å². The first kappa shape index (κ1) is 16.3. The van der Waals surface area contributed by atoms with Crippen LogP contribution in [-0.2, 0) is 4.74 Å². The van der Waals surface area contributed by atoms with Gasteiger partial charge in [-0.05, 0) is 60.4 Å². The third-order valence-corrected chi connectivity index (χ3v) is 4.83. The van der Waals surface area contributed by atoms with Crippen LogP contribution >= 0.6 is 22.6 Å². The van der Waals surface area contributed by atoms with E-state index in [0.29, 0.717) is 27.2 Å². The van der Waals surface area contributed by atoms with Gasteiger partial charge in [0.15, 0.2) is 0 Å². The van der Waals surface area contributed by atoms with E-state index in [0.717, 1.165) is 19.5 Å². The zero-order chi connectivity index (χ0) is 15.4. The molecule has 1 unspecified atom stereocenters. The van der Waals surface area contributed by atoms with Crippen molar-refractivity contribution in [1.82, 2.24) is 4.90 Å². The van der Waals surface area contributed by atoms with Crippen molar-refractivity contribution < 1.29 is 14.3 Å². The number of hydrogen-bond acceptors (Lipinski definition) is 3. The van der Waals surface area contributed by atoms with Gasteiger partial charge in [0.2, 0.25) is 0 Å². The highest BCUT2D eigenvalue weighted by Gasteiger charge is 2.25. The lowest BCUT2D eigenvalue weighted by Gasteiger charge is -2.31. The first-order valence-electron chi connectivity index (χ1n) is 7.29. The van der Waals surface area contributed by atoms with Crippen LogP contribution in [0.3, 0.4) is 0 Å². The quantitative estimate of drug-likeness (QED) is 0.577. The molecule has 1 saturated heterocycles. The Morgan fingerprint density at radius 1 is 1.38 bits per heavy atom. The molecule has 0 aromatic heterocycles. The van der Waals surface area contributed by atoms with Gasteiger partial charge in [-0.3, -0.25) is 4.79 Å². The first-order chi connectivity index (χ1) is 10.0. The lowest BCUT2D eigenvalue weighted by atomic mass is 9.99. The summed E-state index contributed by atoms with van der Waals surface area (Å²) in [5, 5.41) is 0. The monoisotopic (exact) mass is 401 g/mol. The molecule has 1 aromatic carbocycles. The molecule has 114 valence electrons. The topological polar surface area (TPSA) is 46.6 Å². The Labute approximate surface area is 139 Å². The summed E-state index contributed by atoms with van der Waals surface area (Å²) in [6.07, 6.45) is 2.21. The molecule has 1 heterocycles. The first-order valence-corrected chi connectivity index (χ1v) is 8.37. The van der Waals surface area contributed by atoms with Gasteiger partial charge in [-0.15, -0.1) is 0 Å². The van der Waals surface area contributed by atoms with E-state index >= 15 is 0 Å². The van der Waals surface area contributed by atoms with Crippen LogP contribution in [0.4, 0.5) is 0 Å². The Kier molecular flexibility index (Phi) is 5.61. The molecule has 0 aliphatic carbocycles. The van der Waals surface area contributed by atoms with Gasteiger partial charge in [-0.25, -0.2) is 4.79 Å². The third-order valence-electron chi connectivity index (χ3n) is 3.67. The number of rotatable bonds is 3. The van der Waals surface area contributed by atoms with Gasteiger partial charge < -0.3 is 9.64 Å². The zero-order valence-electron chi connectivity index (χ0n) is 12.4. The molecule has 0 radical (unpaired) electrons. The van der Waals surface area contributed by atoms with Crippen molar-refractivity contribution in [1.29, 1.82) is 0 Å². The van der Waals surface area contributed by atoms with Crippen molar-refractivity contribution in [3.05, 3.63) is 32.9 Å². The highest BCUT2D eigenvalue weighted by Crippen LogP contribution is 2.23. The highest BCUT2D eigenvalue weighted by atomic mass is 127. The molecule has 4 nitrogen and oxygen atoms in total. The van der Waals surface area contributed by atoms with Gasteiger partial charge in [0.05, 0.1) is 17.7 Å². The van der Waals surface area contributed by atoms with Crippen LogP contribution in [0.5, 0.6) is 0 Å². The second-order valence-corrected chi connectivity index (χ2v) is 6.46. The van der Waals surface area contributed by atoms with Crippen molar-refractivity contribution >= 4 is 34.5 Å². The molecule has 1 fully saturated rings. The summed E-state index contributed by atoms with van der Waals surface area (Å²) >= 11 is 2.06. The van der Waals surface area contributed by atoms with Crippen LogP contribution < -0.4 is 0 Å². The maximum absolute atomic E-state index is 12.7. The third kappa shape index (κ3) is 3.75. The molecule has 0 saturated carbocycles. The van der Waals surface area contributed by atoms with Crippen molar-refractivity contribution in [2.45, 2.75) is 26.7 Å². The lowest BCUT2D eigenvalue weighted by Crippen LogP contribution is -2.39. The van der Waals surface area contributed by atoms with E-state index in [1.807, 2.05) is 4.90 Å². The highest BCUT2D eigenvalue weighted by molar-refractivity contribution is 14.1. The van der Waals surface area contributed by atoms with Gasteiger partial charge in [-0.2, -0.15) is 0 Å². The molecule has 1 aliphatic rings. The van der Waals surface area contributed by atoms with Gasteiger partial charge in [0.1, 0.15) is 0 Å². The number of hydrogen-bond donors (Lipinski definition) is 0. The summed E-state index contributed by atoms with van der Waals surface area (Å²) in [6, 6.07) is 5.23. The molecule has 1 atom stereocenters. The van der Waals surface area contributed by atoms with Gasteiger partial charge in [-0.1, -0.05) is 13.0 Å². The Morgan fingerprint density at radius 3 is 2.76 bits per heavy atom. The van der Waals surface area contributed by atoms with Crippen LogP contribution in [-0.4, -0.2) is 36.5 Å². The fourth-order valence-corrected chi connectivity index (χ4v) is 3.42. The second-order valence-electron chi connectivity index (χ2n) is 5.39. The number of esters is 1. The summed E-state index contributed by atoms with van der Waals surface area (Å²) < 4.78 is 5.71. The fourth-order valence-electron chi connectivity index (χ4n) is 2.61. The molecule has 5 heteroatoms. The molecule has 1 aliphatic heterocycles. The minimum absolute atomic E-state index is 0.0112. The number of carbonyl (C=O) groups is 2. The van der Waals surface area contributed by atoms with Crippen LogP contribution in [0.2, 0.25) is 0 Å². The van der Waals surface area contributed by atoms with Crippen LogP contribution in [0, 0.1) is 9.49 Å². The Balaban J connectivity index is 2.25. The molecule has 2 rings (SSSR count). The van der Waals surface area contributed by atoms with Gasteiger partial charge in [0, 0.05) is 16.7 Å². The number of piperidine rings is 1. The minimum Gasteiger partial charge on any atom is -0.462 e. The fraction of sp³-hybridized carbons (Fsp3) is 0.500. The van der Waals surface area contributed by atoms with Crippen LogP contribution in [0.25, 0.3) is 0 Å². The van der Waals surface area contributed by atoms with E-state index in [1.54, 1.807) is 25.1 Å². The minimum atomic E-state index is -0.372. The van der Waals surface area contributed by atoms with E-state index in [2.05, 4.69) is 29.5 Å². The molecule has 0 bridgehead atoms. The van der Waals surface area contributed by atoms with E-state index in [9.17, 15) is 9.59 Å². The molecular formula is C16H20INO3. The SMILES string of the molecule is CCOC(=O)c1cccc(C(=O)N2CCCC(C)C2)c1I. The Morgan fingerprint density at radius 2 is 2.10 bits per heavy atom. The molecule has 1 amide bonds. The lowest BCUT2D eigenvalue weighted by molar-refractivity contribution is 0.0525. The van der Waals surface area contributed by atoms with Crippen molar-refractivity contribution in [3.63, 3.8) is 0 Å². The van der Waals surface area contributed by atoms with Crippen molar-refractivity contribution in [2.24, 2.45) is 5.92 Å². The zero-order valence-corrected chi connectivity index (χ0v) is 14.6. The van der Waals surface area contributed by atoms with Crippen molar-refractivity contribution in [2.75, 3.05) is 19.7 Å². The summed E-state index contributed by atoms with van der Waals surface area (Å²) in [4.78, 5) is 26.5. The number of nitrogens with zero attached hydrogens (tertiary/aromatic N) is 1. The molecule has 0 spiro atoms. The smallest absolute Gasteiger partial charge is 0.339 e. The average Bonchev–Trinajstić information content (AvgIpc) is 2.47. The van der Waals surface area contributed by atoms with Gasteiger partial charge >= 0.3 is 5.97 Å². The van der Waals surface area contributed by atoms with Gasteiger partial charge in [0.25, 0.3) is 5.91 Å². The Hall–Kier alpha value is -1.11. The largest absolute Gasteiger partial charge is 0.462 e. The Bertz CT molecular complexity index is 544. The number of carbonyl (C=O) groups excluding carboxylic acids is 2. The number of amides is 1. The molecule has 0 N–H and O–H groups in total. The van der Waals surface area contributed by atoms with E-state index in [4.69, 9.17) is 4.74 Å². The maximum Gasteiger partial charge on any atom is 0.339 e. The number of benzene rings is 1. The summed E-state index contributed by atoms with van der Waals surface area (Å²) in [6.45, 7) is 5.85. The molecular weight excluding hydrogens is 381 g/mol.